The van der Waals surface area contributed by atoms with E-state index in [-0.39, 0.29) is 5.54 Å². The molecule has 1 saturated heterocycles. The SMILES string of the molecule is COc1cc(Br)c(CNC2(C)CCOCC2)cc1OC. The maximum atomic E-state index is 5.42. The van der Waals surface area contributed by atoms with Crippen LogP contribution < -0.4 is 14.8 Å². The largest absolute Gasteiger partial charge is 0.493 e. The monoisotopic (exact) mass is 343 g/mol. The number of methoxy groups -OCH3 is 2. The van der Waals surface area contributed by atoms with Crippen LogP contribution in [0.25, 0.3) is 0 Å². The molecule has 1 N–H and O–H groups in total. The molecule has 2 rings (SSSR count). The van der Waals surface area contributed by atoms with E-state index >= 15 is 0 Å². The Labute approximate surface area is 128 Å². The molecule has 112 valence electrons. The summed E-state index contributed by atoms with van der Waals surface area (Å²) in [7, 11) is 3.30. The standard InChI is InChI=1S/C15H22BrNO3/c1-15(4-6-20-7-5-15)17-10-11-8-13(18-2)14(19-3)9-12(11)16/h8-9,17H,4-7,10H2,1-3H3. The van der Waals surface area contributed by atoms with Gasteiger partial charge in [-0.2, -0.15) is 0 Å². The lowest BCUT2D eigenvalue weighted by Crippen LogP contribution is -2.46. The van der Waals surface area contributed by atoms with Crippen LogP contribution >= 0.6 is 15.9 Å². The summed E-state index contributed by atoms with van der Waals surface area (Å²) >= 11 is 3.59. The molecule has 1 aromatic carbocycles. The number of nitrogens with one attached hydrogen (secondary N) is 1. The van der Waals surface area contributed by atoms with Gasteiger partial charge in [-0.05, 0) is 37.5 Å². The van der Waals surface area contributed by atoms with Gasteiger partial charge in [-0.15, -0.1) is 0 Å². The minimum absolute atomic E-state index is 0.144. The van der Waals surface area contributed by atoms with Crippen LogP contribution in [0.15, 0.2) is 16.6 Å². The summed E-state index contributed by atoms with van der Waals surface area (Å²) in [4.78, 5) is 0. The first-order valence-corrected chi connectivity index (χ1v) is 7.60. The molecule has 0 atom stereocenters. The lowest BCUT2D eigenvalue weighted by Gasteiger charge is -2.34. The Hall–Kier alpha value is -0.780. The van der Waals surface area contributed by atoms with Crippen molar-refractivity contribution in [1.82, 2.24) is 5.32 Å². The van der Waals surface area contributed by atoms with Gasteiger partial charge in [0.2, 0.25) is 0 Å². The second-order valence-corrected chi connectivity index (χ2v) is 6.18. The average Bonchev–Trinajstić information content (AvgIpc) is 2.46. The van der Waals surface area contributed by atoms with Crippen molar-refractivity contribution >= 4 is 15.9 Å². The number of benzene rings is 1. The number of hydrogen-bond acceptors (Lipinski definition) is 4. The van der Waals surface area contributed by atoms with Gasteiger partial charge in [0.25, 0.3) is 0 Å². The van der Waals surface area contributed by atoms with Crippen molar-refractivity contribution in [3.05, 3.63) is 22.2 Å². The lowest BCUT2D eigenvalue weighted by molar-refractivity contribution is 0.0446. The van der Waals surface area contributed by atoms with Gasteiger partial charge in [0.05, 0.1) is 14.2 Å². The molecular formula is C15H22BrNO3. The zero-order valence-corrected chi connectivity index (χ0v) is 13.9. The van der Waals surface area contributed by atoms with Gasteiger partial charge in [0.1, 0.15) is 0 Å². The Bertz CT molecular complexity index is 459. The fourth-order valence-electron chi connectivity index (χ4n) is 2.34. The molecule has 1 aliphatic heterocycles. The van der Waals surface area contributed by atoms with Crippen LogP contribution in [0, 0.1) is 0 Å². The average molecular weight is 344 g/mol. The smallest absolute Gasteiger partial charge is 0.161 e. The highest BCUT2D eigenvalue weighted by atomic mass is 79.9. The zero-order chi connectivity index (χ0) is 14.6. The van der Waals surface area contributed by atoms with Crippen LogP contribution in [-0.4, -0.2) is 33.0 Å². The highest BCUT2D eigenvalue weighted by molar-refractivity contribution is 9.10. The van der Waals surface area contributed by atoms with Gasteiger partial charge in [-0.3, -0.25) is 0 Å². The van der Waals surface area contributed by atoms with Crippen molar-refractivity contribution in [2.45, 2.75) is 31.8 Å². The minimum atomic E-state index is 0.144. The number of ether oxygens (including phenoxy) is 3. The maximum Gasteiger partial charge on any atom is 0.161 e. The predicted octanol–water partition coefficient (Wildman–Crippen LogP) is 3.13. The van der Waals surface area contributed by atoms with Crippen LogP contribution in [0.4, 0.5) is 0 Å². The molecule has 0 aromatic heterocycles. The highest BCUT2D eigenvalue weighted by Gasteiger charge is 2.26. The second kappa shape index (κ2) is 6.78. The van der Waals surface area contributed by atoms with E-state index in [0.29, 0.717) is 0 Å². The van der Waals surface area contributed by atoms with Crippen LogP contribution in [0.5, 0.6) is 11.5 Å². The maximum absolute atomic E-state index is 5.42. The summed E-state index contributed by atoms with van der Waals surface area (Å²) < 4.78 is 17.1. The van der Waals surface area contributed by atoms with Crippen molar-refractivity contribution in [3.8, 4) is 11.5 Å². The molecule has 20 heavy (non-hydrogen) atoms. The molecule has 0 radical (unpaired) electrons. The molecule has 5 heteroatoms. The third-order valence-electron chi connectivity index (χ3n) is 3.85. The quantitative estimate of drug-likeness (QED) is 0.891. The van der Waals surface area contributed by atoms with Crippen LogP contribution in [0.3, 0.4) is 0 Å². The van der Waals surface area contributed by atoms with Gasteiger partial charge in [0, 0.05) is 29.8 Å². The van der Waals surface area contributed by atoms with E-state index in [9.17, 15) is 0 Å². The van der Waals surface area contributed by atoms with Crippen molar-refractivity contribution < 1.29 is 14.2 Å². The van der Waals surface area contributed by atoms with E-state index in [0.717, 1.165) is 54.1 Å². The first-order valence-electron chi connectivity index (χ1n) is 6.81. The molecule has 0 aliphatic carbocycles. The molecule has 4 nitrogen and oxygen atoms in total. The molecule has 0 unspecified atom stereocenters. The third kappa shape index (κ3) is 3.65. The van der Waals surface area contributed by atoms with E-state index in [2.05, 4.69) is 28.2 Å². The minimum Gasteiger partial charge on any atom is -0.493 e. The second-order valence-electron chi connectivity index (χ2n) is 5.33. The summed E-state index contributed by atoms with van der Waals surface area (Å²) in [5.74, 6) is 1.49. The molecule has 0 bridgehead atoms. The van der Waals surface area contributed by atoms with Crippen LogP contribution in [0.2, 0.25) is 0 Å². The van der Waals surface area contributed by atoms with Gasteiger partial charge < -0.3 is 19.5 Å². The molecule has 1 aromatic rings. The molecule has 0 amide bonds. The van der Waals surface area contributed by atoms with Crippen molar-refractivity contribution in [3.63, 3.8) is 0 Å². The van der Waals surface area contributed by atoms with Gasteiger partial charge >= 0.3 is 0 Å². The van der Waals surface area contributed by atoms with Crippen molar-refractivity contribution in [2.75, 3.05) is 27.4 Å². The van der Waals surface area contributed by atoms with E-state index in [1.54, 1.807) is 14.2 Å². The summed E-state index contributed by atoms with van der Waals surface area (Å²) in [6.45, 7) is 4.70. The van der Waals surface area contributed by atoms with Gasteiger partial charge in [-0.25, -0.2) is 0 Å². The molecule has 1 aliphatic rings. The van der Waals surface area contributed by atoms with E-state index in [1.807, 2.05) is 12.1 Å². The lowest BCUT2D eigenvalue weighted by atomic mass is 9.92. The van der Waals surface area contributed by atoms with Crippen molar-refractivity contribution in [2.24, 2.45) is 0 Å². The predicted molar refractivity (Wildman–Crippen MR) is 82.5 cm³/mol. The summed E-state index contributed by atoms with van der Waals surface area (Å²) in [6, 6.07) is 3.96. The number of hydrogen-bond donors (Lipinski definition) is 1. The molecule has 0 spiro atoms. The first-order chi connectivity index (χ1) is 9.58. The molecule has 1 heterocycles. The van der Waals surface area contributed by atoms with Gasteiger partial charge in [0.15, 0.2) is 11.5 Å². The fraction of sp³-hybridized carbons (Fsp3) is 0.600. The van der Waals surface area contributed by atoms with E-state index in [4.69, 9.17) is 14.2 Å². The Morgan fingerprint density at radius 3 is 2.40 bits per heavy atom. The summed E-state index contributed by atoms with van der Waals surface area (Å²) in [5.41, 5.74) is 1.31. The van der Waals surface area contributed by atoms with Crippen LogP contribution in [-0.2, 0) is 11.3 Å². The van der Waals surface area contributed by atoms with E-state index in [1.165, 1.54) is 0 Å². The normalized spacial score (nSPS) is 17.8. The molecule has 0 saturated carbocycles. The van der Waals surface area contributed by atoms with E-state index < -0.39 is 0 Å². The Morgan fingerprint density at radius 1 is 1.20 bits per heavy atom. The Morgan fingerprint density at radius 2 is 1.80 bits per heavy atom. The number of rotatable bonds is 5. The Balaban J connectivity index is 2.09. The highest BCUT2D eigenvalue weighted by Crippen LogP contribution is 2.33. The third-order valence-corrected chi connectivity index (χ3v) is 4.59. The fourth-order valence-corrected chi connectivity index (χ4v) is 2.80. The van der Waals surface area contributed by atoms with Crippen LogP contribution in [0.1, 0.15) is 25.3 Å². The summed E-state index contributed by atoms with van der Waals surface area (Å²) in [5, 5.41) is 3.64. The van der Waals surface area contributed by atoms with Gasteiger partial charge in [-0.1, -0.05) is 15.9 Å². The topological polar surface area (TPSA) is 39.7 Å². The molecular weight excluding hydrogens is 322 g/mol. The Kier molecular flexibility index (Phi) is 5.29. The van der Waals surface area contributed by atoms with Crippen molar-refractivity contribution in [1.29, 1.82) is 0 Å². The number of halogens is 1. The first kappa shape index (κ1) is 15.6. The summed E-state index contributed by atoms with van der Waals surface area (Å²) in [6.07, 6.45) is 2.08. The zero-order valence-electron chi connectivity index (χ0n) is 12.3. The molecule has 1 fully saturated rings.